The predicted molar refractivity (Wildman–Crippen MR) is 69.6 cm³/mol. The topological polar surface area (TPSA) is 35.2 Å². The normalized spacial score (nSPS) is 47.1. The van der Waals surface area contributed by atoms with E-state index in [0.29, 0.717) is 6.54 Å². The molecule has 4 aliphatic carbocycles. The van der Waals surface area contributed by atoms with Gasteiger partial charge >= 0.3 is 0 Å². The molecule has 0 radical (unpaired) electrons. The molecule has 4 bridgehead atoms. The van der Waals surface area contributed by atoms with Crippen molar-refractivity contribution in [3.63, 3.8) is 0 Å². The van der Waals surface area contributed by atoms with Crippen LogP contribution in [0.4, 0.5) is 0 Å². The molecule has 0 aromatic heterocycles. The van der Waals surface area contributed by atoms with E-state index in [-0.39, 0.29) is 5.60 Å². The molecule has 0 spiro atoms. The van der Waals surface area contributed by atoms with Gasteiger partial charge in [-0.1, -0.05) is 0 Å². The summed E-state index contributed by atoms with van der Waals surface area (Å²) in [4.78, 5) is 0. The summed E-state index contributed by atoms with van der Waals surface area (Å²) in [5, 5.41) is 0. The van der Waals surface area contributed by atoms with E-state index in [2.05, 4.69) is 6.92 Å². The maximum Gasteiger partial charge on any atom is 0.0775 e. The van der Waals surface area contributed by atoms with Crippen LogP contribution in [0.15, 0.2) is 0 Å². The number of rotatable bonds is 4. The molecule has 0 aromatic carbocycles. The first-order chi connectivity index (χ1) is 8.13. The highest BCUT2D eigenvalue weighted by molar-refractivity contribution is 5.00. The van der Waals surface area contributed by atoms with Gasteiger partial charge in [-0.05, 0) is 75.0 Å². The van der Waals surface area contributed by atoms with Crippen LogP contribution in [0.2, 0.25) is 0 Å². The zero-order valence-corrected chi connectivity index (χ0v) is 11.3. The molecular weight excluding hydrogens is 210 g/mol. The lowest BCUT2D eigenvalue weighted by Gasteiger charge is -2.55. The zero-order valence-electron chi connectivity index (χ0n) is 11.3. The molecule has 0 aromatic rings. The van der Waals surface area contributed by atoms with Crippen LogP contribution in [0, 0.1) is 29.6 Å². The number of hydrogen-bond acceptors (Lipinski definition) is 2. The third-order valence-electron chi connectivity index (χ3n) is 6.01. The molecule has 2 N–H and O–H groups in total. The van der Waals surface area contributed by atoms with E-state index in [4.69, 9.17) is 10.5 Å². The summed E-state index contributed by atoms with van der Waals surface area (Å²) < 4.78 is 5.67. The van der Waals surface area contributed by atoms with Crippen LogP contribution < -0.4 is 5.73 Å². The Balaban J connectivity index is 1.72. The fourth-order valence-corrected chi connectivity index (χ4v) is 5.12. The Hall–Kier alpha value is -0.0800. The van der Waals surface area contributed by atoms with Gasteiger partial charge in [-0.2, -0.15) is 0 Å². The van der Waals surface area contributed by atoms with Gasteiger partial charge in [0.1, 0.15) is 0 Å². The summed E-state index contributed by atoms with van der Waals surface area (Å²) in [6.07, 6.45) is 8.74. The lowest BCUT2D eigenvalue weighted by Crippen LogP contribution is -2.49. The molecule has 4 fully saturated rings. The number of methoxy groups -OCH3 is 1. The summed E-state index contributed by atoms with van der Waals surface area (Å²) in [5.74, 6) is 5.02. The molecule has 4 saturated carbocycles. The van der Waals surface area contributed by atoms with E-state index in [1.54, 1.807) is 0 Å². The third kappa shape index (κ3) is 2.04. The molecule has 0 saturated heterocycles. The minimum absolute atomic E-state index is 0.0833. The van der Waals surface area contributed by atoms with Crippen LogP contribution in [-0.4, -0.2) is 19.3 Å². The highest BCUT2D eigenvalue weighted by atomic mass is 16.5. The van der Waals surface area contributed by atoms with E-state index in [1.807, 2.05) is 7.11 Å². The fourth-order valence-electron chi connectivity index (χ4n) is 5.12. The van der Waals surface area contributed by atoms with E-state index < -0.39 is 0 Å². The van der Waals surface area contributed by atoms with E-state index in [9.17, 15) is 0 Å². The predicted octanol–water partition coefficient (Wildman–Crippen LogP) is 2.81. The van der Waals surface area contributed by atoms with Crippen molar-refractivity contribution in [3.8, 4) is 0 Å². The first-order valence-corrected chi connectivity index (χ1v) is 7.39. The molecule has 17 heavy (non-hydrogen) atoms. The van der Waals surface area contributed by atoms with Crippen molar-refractivity contribution in [1.29, 1.82) is 0 Å². The number of ether oxygens (including phenoxy) is 1. The molecule has 1 atom stereocenters. The zero-order chi connectivity index (χ0) is 12.0. The maximum absolute atomic E-state index is 5.90. The van der Waals surface area contributed by atoms with Crippen LogP contribution in [0.5, 0.6) is 0 Å². The summed E-state index contributed by atoms with van der Waals surface area (Å²) in [6.45, 7) is 2.85. The monoisotopic (exact) mass is 237 g/mol. The molecule has 1 unspecified atom stereocenters. The van der Waals surface area contributed by atoms with Gasteiger partial charge in [0.25, 0.3) is 0 Å². The molecule has 2 heteroatoms. The quantitative estimate of drug-likeness (QED) is 0.816. The van der Waals surface area contributed by atoms with Crippen molar-refractivity contribution >= 4 is 0 Å². The first kappa shape index (κ1) is 12.0. The van der Waals surface area contributed by atoms with Crippen LogP contribution in [0.25, 0.3) is 0 Å². The lowest BCUT2D eigenvalue weighted by molar-refractivity contribution is -0.0842. The molecule has 98 valence electrons. The Morgan fingerprint density at radius 2 is 1.59 bits per heavy atom. The second-order valence-electron chi connectivity index (χ2n) is 7.16. The smallest absolute Gasteiger partial charge is 0.0775 e. The minimum atomic E-state index is -0.0833. The van der Waals surface area contributed by atoms with Gasteiger partial charge in [0, 0.05) is 13.7 Å². The Morgan fingerprint density at radius 3 is 2.00 bits per heavy atom. The summed E-state index contributed by atoms with van der Waals surface area (Å²) in [6, 6.07) is 0. The average molecular weight is 237 g/mol. The first-order valence-electron chi connectivity index (χ1n) is 7.39. The van der Waals surface area contributed by atoms with Crippen LogP contribution in [-0.2, 0) is 4.74 Å². The fraction of sp³-hybridized carbons (Fsp3) is 1.00. The summed E-state index contributed by atoms with van der Waals surface area (Å²) >= 11 is 0. The highest BCUT2D eigenvalue weighted by Crippen LogP contribution is 2.58. The van der Waals surface area contributed by atoms with E-state index in [1.165, 1.54) is 38.5 Å². The van der Waals surface area contributed by atoms with Gasteiger partial charge in [0.05, 0.1) is 5.60 Å². The van der Waals surface area contributed by atoms with Crippen LogP contribution >= 0.6 is 0 Å². The van der Waals surface area contributed by atoms with Gasteiger partial charge in [-0.25, -0.2) is 0 Å². The molecule has 4 aliphatic rings. The second kappa shape index (κ2) is 4.24. The van der Waals surface area contributed by atoms with Gasteiger partial charge in [0.15, 0.2) is 0 Å². The van der Waals surface area contributed by atoms with Crippen molar-refractivity contribution in [2.24, 2.45) is 35.3 Å². The number of hydrogen-bond donors (Lipinski definition) is 1. The van der Waals surface area contributed by atoms with Crippen LogP contribution in [0.1, 0.15) is 45.4 Å². The van der Waals surface area contributed by atoms with Crippen molar-refractivity contribution in [3.05, 3.63) is 0 Å². The largest absolute Gasteiger partial charge is 0.377 e. The molecule has 4 rings (SSSR count). The van der Waals surface area contributed by atoms with Gasteiger partial charge in [-0.15, -0.1) is 0 Å². The standard InChI is InChI=1S/C15H27NO/c1-15(9-16,17-2)8-14-12-4-10-3-11(6-12)7-13(14)5-10/h10-14H,3-9,16H2,1-2H3. The Kier molecular flexibility index (Phi) is 2.99. The average Bonchev–Trinajstić information content (AvgIpc) is 2.33. The van der Waals surface area contributed by atoms with Gasteiger partial charge < -0.3 is 10.5 Å². The molecule has 0 heterocycles. The minimum Gasteiger partial charge on any atom is -0.377 e. The highest BCUT2D eigenvalue weighted by Gasteiger charge is 2.49. The van der Waals surface area contributed by atoms with E-state index >= 15 is 0 Å². The van der Waals surface area contributed by atoms with Crippen molar-refractivity contribution in [2.45, 2.75) is 51.0 Å². The number of nitrogens with two attached hydrogens (primary N) is 1. The van der Waals surface area contributed by atoms with Gasteiger partial charge in [-0.3, -0.25) is 0 Å². The SMILES string of the molecule is COC(C)(CN)CC1C2CC3CC(C2)CC1C3. The van der Waals surface area contributed by atoms with Gasteiger partial charge in [0.2, 0.25) is 0 Å². The van der Waals surface area contributed by atoms with E-state index in [0.717, 1.165) is 29.6 Å². The Bertz CT molecular complexity index is 257. The second-order valence-corrected chi connectivity index (χ2v) is 7.16. The molecular formula is C15H27NO. The molecule has 0 aliphatic heterocycles. The Morgan fingerprint density at radius 1 is 1.06 bits per heavy atom. The Labute approximate surface area is 105 Å². The third-order valence-corrected chi connectivity index (χ3v) is 6.01. The van der Waals surface area contributed by atoms with Crippen molar-refractivity contribution in [2.75, 3.05) is 13.7 Å². The van der Waals surface area contributed by atoms with Crippen molar-refractivity contribution in [1.82, 2.24) is 0 Å². The maximum atomic E-state index is 5.90. The molecule has 2 nitrogen and oxygen atoms in total. The van der Waals surface area contributed by atoms with Crippen molar-refractivity contribution < 1.29 is 4.74 Å². The summed E-state index contributed by atoms with van der Waals surface area (Å²) in [7, 11) is 1.82. The lowest BCUT2D eigenvalue weighted by atomic mass is 9.50. The van der Waals surface area contributed by atoms with Crippen LogP contribution in [0.3, 0.4) is 0 Å². The summed E-state index contributed by atoms with van der Waals surface area (Å²) in [5.41, 5.74) is 5.81. The molecule has 0 amide bonds.